The summed E-state index contributed by atoms with van der Waals surface area (Å²) in [6.07, 6.45) is 4.26. The summed E-state index contributed by atoms with van der Waals surface area (Å²) in [4.78, 5) is 2.46. The maximum absolute atomic E-state index is 5.40. The number of likely N-dealkylation sites (N-methyl/N-ethyl adjacent to an activating group) is 1. The lowest BCUT2D eigenvalue weighted by atomic mass is 10.0. The van der Waals surface area contributed by atoms with Gasteiger partial charge in [0.15, 0.2) is 0 Å². The number of rotatable bonds is 4. The van der Waals surface area contributed by atoms with E-state index in [9.17, 15) is 0 Å². The molecule has 86 valence electrons. The topological polar surface area (TPSA) is 12.5 Å². The molecule has 1 heterocycles. The zero-order valence-electron chi connectivity index (χ0n) is 10.3. The van der Waals surface area contributed by atoms with Gasteiger partial charge < -0.3 is 9.64 Å². The van der Waals surface area contributed by atoms with Crippen molar-refractivity contribution < 1.29 is 4.74 Å². The second kappa shape index (κ2) is 5.96. The SMILES string of the molecule is C=CC(=C(C)C)N(CC)C1CCOCC1. The van der Waals surface area contributed by atoms with Gasteiger partial charge in [0, 0.05) is 31.5 Å². The quantitative estimate of drug-likeness (QED) is 0.660. The van der Waals surface area contributed by atoms with Crippen LogP contribution in [0.5, 0.6) is 0 Å². The molecule has 0 unspecified atom stereocenters. The highest BCUT2D eigenvalue weighted by Gasteiger charge is 2.21. The van der Waals surface area contributed by atoms with E-state index in [0.29, 0.717) is 6.04 Å². The van der Waals surface area contributed by atoms with Gasteiger partial charge in [-0.3, -0.25) is 0 Å². The van der Waals surface area contributed by atoms with Gasteiger partial charge in [0.05, 0.1) is 0 Å². The van der Waals surface area contributed by atoms with Crippen molar-refractivity contribution in [3.8, 4) is 0 Å². The Balaban J connectivity index is 2.76. The van der Waals surface area contributed by atoms with E-state index in [1.54, 1.807) is 0 Å². The number of allylic oxidation sites excluding steroid dienone is 2. The van der Waals surface area contributed by atoms with Crippen LogP contribution in [-0.4, -0.2) is 30.7 Å². The minimum absolute atomic E-state index is 0.631. The molecule has 0 bridgehead atoms. The highest BCUT2D eigenvalue weighted by atomic mass is 16.5. The average molecular weight is 209 g/mol. The Bertz CT molecular complexity index is 235. The first-order valence-electron chi connectivity index (χ1n) is 5.85. The maximum atomic E-state index is 5.40. The van der Waals surface area contributed by atoms with E-state index in [-0.39, 0.29) is 0 Å². The highest BCUT2D eigenvalue weighted by molar-refractivity contribution is 5.21. The van der Waals surface area contributed by atoms with E-state index >= 15 is 0 Å². The summed E-state index contributed by atoms with van der Waals surface area (Å²) in [5.74, 6) is 0. The molecule has 0 spiro atoms. The fraction of sp³-hybridized carbons (Fsp3) is 0.692. The minimum Gasteiger partial charge on any atom is -0.381 e. The molecule has 0 aromatic rings. The van der Waals surface area contributed by atoms with Crippen LogP contribution >= 0.6 is 0 Å². The predicted octanol–water partition coefficient (Wildman–Crippen LogP) is 2.97. The second-order valence-electron chi connectivity index (χ2n) is 4.22. The van der Waals surface area contributed by atoms with Crippen LogP contribution in [0.2, 0.25) is 0 Å². The Kier molecular flexibility index (Phi) is 4.89. The Labute approximate surface area is 93.6 Å². The van der Waals surface area contributed by atoms with Crippen molar-refractivity contribution in [1.82, 2.24) is 4.90 Å². The molecular weight excluding hydrogens is 186 g/mol. The monoisotopic (exact) mass is 209 g/mol. The van der Waals surface area contributed by atoms with Crippen LogP contribution in [-0.2, 0) is 4.74 Å². The first-order valence-corrected chi connectivity index (χ1v) is 5.85. The molecule has 0 radical (unpaired) electrons. The van der Waals surface area contributed by atoms with Gasteiger partial charge in [0.1, 0.15) is 0 Å². The van der Waals surface area contributed by atoms with Crippen molar-refractivity contribution in [2.45, 2.75) is 39.7 Å². The van der Waals surface area contributed by atoms with E-state index in [1.165, 1.54) is 11.3 Å². The van der Waals surface area contributed by atoms with Crippen molar-refractivity contribution in [3.63, 3.8) is 0 Å². The van der Waals surface area contributed by atoms with Gasteiger partial charge in [0.2, 0.25) is 0 Å². The van der Waals surface area contributed by atoms with Crippen LogP contribution in [0.25, 0.3) is 0 Å². The summed E-state index contributed by atoms with van der Waals surface area (Å²) in [6, 6.07) is 0.631. The molecule has 1 fully saturated rings. The van der Waals surface area contributed by atoms with Crippen molar-refractivity contribution in [2.24, 2.45) is 0 Å². The summed E-state index contributed by atoms with van der Waals surface area (Å²) < 4.78 is 5.40. The summed E-state index contributed by atoms with van der Waals surface area (Å²) in [6.45, 7) is 13.3. The smallest absolute Gasteiger partial charge is 0.0485 e. The number of ether oxygens (including phenoxy) is 1. The molecule has 0 N–H and O–H groups in total. The normalized spacial score (nSPS) is 17.3. The largest absolute Gasteiger partial charge is 0.381 e. The molecule has 1 aliphatic rings. The van der Waals surface area contributed by atoms with Crippen molar-refractivity contribution in [3.05, 3.63) is 23.9 Å². The van der Waals surface area contributed by atoms with Gasteiger partial charge in [-0.15, -0.1) is 0 Å². The van der Waals surface area contributed by atoms with Crippen LogP contribution in [0, 0.1) is 0 Å². The van der Waals surface area contributed by atoms with Gasteiger partial charge in [-0.2, -0.15) is 0 Å². The molecule has 0 aromatic carbocycles. The number of hydrogen-bond acceptors (Lipinski definition) is 2. The van der Waals surface area contributed by atoms with Gasteiger partial charge in [-0.25, -0.2) is 0 Å². The summed E-state index contributed by atoms with van der Waals surface area (Å²) in [5, 5.41) is 0. The second-order valence-corrected chi connectivity index (χ2v) is 4.22. The summed E-state index contributed by atoms with van der Waals surface area (Å²) >= 11 is 0. The third kappa shape index (κ3) is 3.10. The van der Waals surface area contributed by atoms with E-state index in [0.717, 1.165) is 32.6 Å². The molecular formula is C13H23NO. The zero-order valence-corrected chi connectivity index (χ0v) is 10.3. The van der Waals surface area contributed by atoms with Gasteiger partial charge >= 0.3 is 0 Å². The third-order valence-electron chi connectivity index (χ3n) is 2.99. The van der Waals surface area contributed by atoms with Crippen molar-refractivity contribution in [2.75, 3.05) is 19.8 Å². The Morgan fingerprint density at radius 2 is 2.00 bits per heavy atom. The fourth-order valence-electron chi connectivity index (χ4n) is 2.23. The first-order chi connectivity index (χ1) is 7.20. The van der Waals surface area contributed by atoms with Crippen molar-refractivity contribution in [1.29, 1.82) is 0 Å². The molecule has 1 saturated heterocycles. The molecule has 0 aromatic heterocycles. The van der Waals surface area contributed by atoms with Crippen LogP contribution in [0.4, 0.5) is 0 Å². The summed E-state index contributed by atoms with van der Waals surface area (Å²) in [7, 11) is 0. The Hall–Kier alpha value is -0.760. The molecule has 0 aliphatic carbocycles. The fourth-order valence-corrected chi connectivity index (χ4v) is 2.23. The minimum atomic E-state index is 0.631. The van der Waals surface area contributed by atoms with Gasteiger partial charge in [-0.05, 0) is 39.7 Å². The predicted molar refractivity (Wildman–Crippen MR) is 64.8 cm³/mol. The van der Waals surface area contributed by atoms with E-state index < -0.39 is 0 Å². The van der Waals surface area contributed by atoms with Crippen LogP contribution in [0.1, 0.15) is 33.6 Å². The van der Waals surface area contributed by atoms with Gasteiger partial charge in [-0.1, -0.05) is 12.2 Å². The molecule has 0 saturated carbocycles. The Morgan fingerprint density at radius 3 is 2.40 bits per heavy atom. The average Bonchev–Trinajstić information content (AvgIpc) is 2.26. The summed E-state index contributed by atoms with van der Waals surface area (Å²) in [5.41, 5.74) is 2.64. The number of nitrogens with zero attached hydrogens (tertiary/aromatic N) is 1. The van der Waals surface area contributed by atoms with Crippen molar-refractivity contribution >= 4 is 0 Å². The highest BCUT2D eigenvalue weighted by Crippen LogP contribution is 2.21. The van der Waals surface area contributed by atoms with E-state index in [1.807, 2.05) is 6.08 Å². The van der Waals surface area contributed by atoms with Crippen LogP contribution in [0.15, 0.2) is 23.9 Å². The first kappa shape index (κ1) is 12.3. The van der Waals surface area contributed by atoms with Crippen LogP contribution < -0.4 is 0 Å². The molecule has 15 heavy (non-hydrogen) atoms. The molecule has 1 rings (SSSR count). The lowest BCUT2D eigenvalue weighted by Gasteiger charge is -2.36. The number of hydrogen-bond donors (Lipinski definition) is 0. The molecule has 2 heteroatoms. The molecule has 2 nitrogen and oxygen atoms in total. The van der Waals surface area contributed by atoms with E-state index in [2.05, 4.69) is 32.3 Å². The standard InChI is InChI=1S/C13H23NO/c1-5-13(11(3)4)14(6-2)12-7-9-15-10-8-12/h5,12H,1,6-10H2,2-4H3. The van der Waals surface area contributed by atoms with Gasteiger partial charge in [0.25, 0.3) is 0 Å². The zero-order chi connectivity index (χ0) is 11.3. The van der Waals surface area contributed by atoms with Crippen LogP contribution in [0.3, 0.4) is 0 Å². The molecule has 0 amide bonds. The lowest BCUT2D eigenvalue weighted by molar-refractivity contribution is 0.0479. The van der Waals surface area contributed by atoms with E-state index in [4.69, 9.17) is 4.74 Å². The molecule has 0 atom stereocenters. The third-order valence-corrected chi connectivity index (χ3v) is 2.99. The lowest BCUT2D eigenvalue weighted by Crippen LogP contribution is -2.38. The maximum Gasteiger partial charge on any atom is 0.0485 e. The molecule has 1 aliphatic heterocycles. The Morgan fingerprint density at radius 1 is 1.40 bits per heavy atom.